The molecule has 0 saturated heterocycles. The predicted octanol–water partition coefficient (Wildman–Crippen LogP) is 3.16. The van der Waals surface area contributed by atoms with Gasteiger partial charge in [0.1, 0.15) is 5.75 Å². The van der Waals surface area contributed by atoms with E-state index in [-0.39, 0.29) is 11.8 Å². The predicted molar refractivity (Wildman–Crippen MR) is 75.7 cm³/mol. The number of benzene rings is 1. The minimum absolute atomic E-state index is 0.00829. The second-order valence-corrected chi connectivity index (χ2v) is 5.04. The molecule has 0 fully saturated rings. The van der Waals surface area contributed by atoms with Gasteiger partial charge in [0.2, 0.25) is 0 Å². The van der Waals surface area contributed by atoms with Crippen LogP contribution in [0.4, 0.5) is 11.4 Å². The van der Waals surface area contributed by atoms with Crippen molar-refractivity contribution in [3.8, 4) is 5.75 Å². The molecule has 0 radical (unpaired) electrons. The maximum atomic E-state index is 10.8. The third-order valence-corrected chi connectivity index (χ3v) is 2.72. The van der Waals surface area contributed by atoms with Crippen molar-refractivity contribution in [2.45, 2.75) is 20.0 Å². The Hall–Kier alpha value is -1.43. The van der Waals surface area contributed by atoms with Gasteiger partial charge in [-0.25, -0.2) is 0 Å². The van der Waals surface area contributed by atoms with Crippen LogP contribution >= 0.6 is 11.8 Å². The smallest absolute Gasteiger partial charge is 0.275 e. The molecule has 0 heterocycles. The average Bonchev–Trinajstić information content (AvgIpc) is 2.28. The second-order valence-electron chi connectivity index (χ2n) is 4.06. The van der Waals surface area contributed by atoms with Crippen LogP contribution in [-0.2, 0) is 0 Å². The number of ether oxygens (including phenoxy) is 1. The number of rotatable bonds is 7. The van der Waals surface area contributed by atoms with Crippen LogP contribution in [0.1, 0.15) is 13.8 Å². The summed E-state index contributed by atoms with van der Waals surface area (Å²) in [4.78, 5) is 10.4. The molecule has 0 aromatic heterocycles. The molecule has 1 aromatic rings. The van der Waals surface area contributed by atoms with Crippen molar-refractivity contribution in [1.29, 1.82) is 0 Å². The van der Waals surface area contributed by atoms with Crippen LogP contribution in [0.5, 0.6) is 5.75 Å². The molecule has 0 saturated carbocycles. The topological polar surface area (TPSA) is 64.4 Å². The summed E-state index contributed by atoms with van der Waals surface area (Å²) in [5.41, 5.74) is 0.758. The van der Waals surface area contributed by atoms with Crippen molar-refractivity contribution in [2.75, 3.05) is 23.9 Å². The van der Waals surface area contributed by atoms with Crippen LogP contribution in [0.3, 0.4) is 0 Å². The molecule has 0 unspecified atom stereocenters. The quantitative estimate of drug-likeness (QED) is 0.468. The van der Waals surface area contributed by atoms with E-state index in [1.165, 1.54) is 12.1 Å². The summed E-state index contributed by atoms with van der Waals surface area (Å²) in [6.07, 6.45) is 2.01. The van der Waals surface area contributed by atoms with E-state index < -0.39 is 4.92 Å². The van der Waals surface area contributed by atoms with Gasteiger partial charge in [0.15, 0.2) is 0 Å². The summed E-state index contributed by atoms with van der Waals surface area (Å²) >= 11 is 1.72. The Kier molecular flexibility index (Phi) is 5.77. The van der Waals surface area contributed by atoms with Crippen LogP contribution < -0.4 is 10.1 Å². The summed E-state index contributed by atoms with van der Waals surface area (Å²) in [5.74, 6) is 1.47. The van der Waals surface area contributed by atoms with Crippen molar-refractivity contribution in [2.24, 2.45) is 0 Å². The first-order chi connectivity index (χ1) is 8.52. The van der Waals surface area contributed by atoms with Crippen LogP contribution in [0.2, 0.25) is 0 Å². The van der Waals surface area contributed by atoms with E-state index in [4.69, 9.17) is 4.74 Å². The molecule has 5 nitrogen and oxygen atoms in total. The minimum Gasteiger partial charge on any atom is -0.491 e. The molecule has 6 heteroatoms. The Morgan fingerprint density at radius 1 is 1.44 bits per heavy atom. The van der Waals surface area contributed by atoms with E-state index in [1.54, 1.807) is 17.8 Å². The number of hydrogen-bond acceptors (Lipinski definition) is 5. The van der Waals surface area contributed by atoms with Crippen LogP contribution in [0.25, 0.3) is 0 Å². The molecule has 0 spiro atoms. The van der Waals surface area contributed by atoms with E-state index in [1.807, 2.05) is 20.1 Å². The lowest BCUT2D eigenvalue weighted by atomic mass is 10.2. The zero-order valence-corrected chi connectivity index (χ0v) is 11.6. The van der Waals surface area contributed by atoms with Crippen molar-refractivity contribution < 1.29 is 9.66 Å². The largest absolute Gasteiger partial charge is 0.491 e. The van der Waals surface area contributed by atoms with Gasteiger partial charge in [0, 0.05) is 30.1 Å². The number of thioether (sulfide) groups is 1. The molecular weight excluding hydrogens is 252 g/mol. The highest BCUT2D eigenvalue weighted by Gasteiger charge is 2.11. The summed E-state index contributed by atoms with van der Waals surface area (Å²) < 4.78 is 5.50. The zero-order valence-electron chi connectivity index (χ0n) is 10.8. The second kappa shape index (κ2) is 7.10. The van der Waals surface area contributed by atoms with Crippen molar-refractivity contribution >= 4 is 23.1 Å². The molecule has 18 heavy (non-hydrogen) atoms. The van der Waals surface area contributed by atoms with Gasteiger partial charge in [-0.05, 0) is 20.1 Å². The van der Waals surface area contributed by atoms with Gasteiger partial charge in [0.25, 0.3) is 5.69 Å². The van der Waals surface area contributed by atoms with Gasteiger partial charge in [-0.1, -0.05) is 0 Å². The molecular formula is C12H18N2O3S. The highest BCUT2D eigenvalue weighted by Crippen LogP contribution is 2.26. The lowest BCUT2D eigenvalue weighted by molar-refractivity contribution is -0.384. The lowest BCUT2D eigenvalue weighted by Crippen LogP contribution is -2.08. The summed E-state index contributed by atoms with van der Waals surface area (Å²) in [6, 6.07) is 4.75. The lowest BCUT2D eigenvalue weighted by Gasteiger charge is -2.12. The zero-order chi connectivity index (χ0) is 13.5. The van der Waals surface area contributed by atoms with Gasteiger partial charge < -0.3 is 10.1 Å². The average molecular weight is 270 g/mol. The fourth-order valence-corrected chi connectivity index (χ4v) is 1.73. The van der Waals surface area contributed by atoms with Crippen molar-refractivity contribution in [1.82, 2.24) is 0 Å². The first-order valence-corrected chi connectivity index (χ1v) is 7.11. The molecule has 0 aliphatic rings. The number of nitrogens with zero attached hydrogens (tertiary/aromatic N) is 1. The van der Waals surface area contributed by atoms with Gasteiger partial charge in [-0.3, -0.25) is 10.1 Å². The molecule has 0 atom stereocenters. The van der Waals surface area contributed by atoms with Gasteiger partial charge in [-0.15, -0.1) is 0 Å². The monoisotopic (exact) mass is 270 g/mol. The van der Waals surface area contributed by atoms with Gasteiger partial charge in [-0.2, -0.15) is 11.8 Å². The first-order valence-electron chi connectivity index (χ1n) is 5.72. The molecule has 0 bridgehead atoms. The highest BCUT2D eigenvalue weighted by atomic mass is 32.2. The Balaban J connectivity index is 2.87. The first kappa shape index (κ1) is 14.6. The fourth-order valence-electron chi connectivity index (χ4n) is 1.43. The molecule has 0 aliphatic carbocycles. The third kappa shape index (κ3) is 4.83. The summed E-state index contributed by atoms with van der Waals surface area (Å²) in [6.45, 7) is 4.54. The Morgan fingerprint density at radius 2 is 2.17 bits per heavy atom. The normalized spacial score (nSPS) is 10.4. The number of nitrogens with one attached hydrogen (secondary N) is 1. The van der Waals surface area contributed by atoms with E-state index in [2.05, 4.69) is 5.32 Å². The van der Waals surface area contributed by atoms with Crippen LogP contribution in [0, 0.1) is 10.1 Å². The molecule has 100 valence electrons. The number of non-ortho nitro benzene ring substituents is 1. The minimum atomic E-state index is -0.410. The van der Waals surface area contributed by atoms with E-state index >= 15 is 0 Å². The molecule has 0 aliphatic heterocycles. The Labute approximate surface area is 111 Å². The standard InChI is InChI=1S/C12H18N2O3S/c1-9(2)17-12-7-10(13-4-5-18-3)6-11(8-12)14(15)16/h6-9,13H,4-5H2,1-3H3. The number of anilines is 1. The summed E-state index contributed by atoms with van der Waals surface area (Å²) in [7, 11) is 0. The van der Waals surface area contributed by atoms with Gasteiger partial charge in [0.05, 0.1) is 17.1 Å². The van der Waals surface area contributed by atoms with Crippen LogP contribution in [0.15, 0.2) is 18.2 Å². The summed E-state index contributed by atoms with van der Waals surface area (Å²) in [5, 5.41) is 14.0. The highest BCUT2D eigenvalue weighted by molar-refractivity contribution is 7.98. The fraction of sp³-hybridized carbons (Fsp3) is 0.500. The maximum absolute atomic E-state index is 10.8. The van der Waals surface area contributed by atoms with Crippen molar-refractivity contribution in [3.63, 3.8) is 0 Å². The number of nitro benzene ring substituents is 1. The van der Waals surface area contributed by atoms with Crippen LogP contribution in [-0.4, -0.2) is 29.6 Å². The van der Waals surface area contributed by atoms with E-state index in [0.717, 1.165) is 12.3 Å². The van der Waals surface area contributed by atoms with Gasteiger partial charge >= 0.3 is 0 Å². The van der Waals surface area contributed by atoms with Crippen molar-refractivity contribution in [3.05, 3.63) is 28.3 Å². The number of hydrogen-bond donors (Lipinski definition) is 1. The molecule has 1 rings (SSSR count). The van der Waals surface area contributed by atoms with E-state index in [9.17, 15) is 10.1 Å². The molecule has 0 amide bonds. The SMILES string of the molecule is CSCCNc1cc(OC(C)C)cc([N+](=O)[O-])c1. The van der Waals surface area contributed by atoms with E-state index in [0.29, 0.717) is 11.4 Å². The maximum Gasteiger partial charge on any atom is 0.275 e. The Morgan fingerprint density at radius 3 is 2.72 bits per heavy atom. The number of nitro groups is 1. The third-order valence-electron chi connectivity index (χ3n) is 2.11. The Bertz CT molecular complexity index is 410. The molecule has 1 N–H and O–H groups in total. The molecule has 1 aromatic carbocycles.